The van der Waals surface area contributed by atoms with Gasteiger partial charge in [0.1, 0.15) is 0 Å². The van der Waals surface area contributed by atoms with Gasteiger partial charge in [0, 0.05) is 44.3 Å². The van der Waals surface area contributed by atoms with Crippen LogP contribution in [0.1, 0.15) is 111 Å². The summed E-state index contributed by atoms with van der Waals surface area (Å²) in [6, 6.07) is 0.918. The summed E-state index contributed by atoms with van der Waals surface area (Å²) in [5.74, 6) is -6.30. The molecule has 6 rings (SSSR count). The Balaban J connectivity index is 1.23. The fourth-order valence-corrected chi connectivity index (χ4v) is 6.71. The van der Waals surface area contributed by atoms with Crippen LogP contribution in [-0.2, 0) is 11.3 Å². The molecule has 0 radical (unpaired) electrons. The molecule has 3 aliphatic carbocycles. The van der Waals surface area contributed by atoms with Gasteiger partial charge in [-0.2, -0.15) is 10.2 Å². The predicted molar refractivity (Wildman–Crippen MR) is 153 cm³/mol. The van der Waals surface area contributed by atoms with Crippen LogP contribution >= 0.6 is 0 Å². The number of alkyl halides is 4. The molecule has 2 atom stereocenters. The Morgan fingerprint density at radius 1 is 0.977 bits per heavy atom. The molecule has 0 aromatic carbocycles. The smallest absolute Gasteiger partial charge is 0.255 e. The fraction of sp³-hybridized carbons (Fsp3) is 0.645. The van der Waals surface area contributed by atoms with Crippen molar-refractivity contribution in [2.75, 3.05) is 0 Å². The average molecular weight is 618 g/mol. The van der Waals surface area contributed by atoms with Crippen molar-refractivity contribution in [3.63, 3.8) is 0 Å². The molecule has 3 aromatic rings. The summed E-state index contributed by atoms with van der Waals surface area (Å²) in [6.07, 6.45) is 7.18. The molecular formula is C31H39F4N7O2. The normalized spacial score (nSPS) is 21.5. The first-order valence-corrected chi connectivity index (χ1v) is 15.6. The van der Waals surface area contributed by atoms with Crippen molar-refractivity contribution in [2.45, 2.75) is 109 Å². The second kappa shape index (κ2) is 11.8. The standard InChI is InChI=1S/C31H39F4N7O2/c1-3-10-41-18(2)23(16-37-41)29(44)40-28(21-6-8-30(32,33)9-7-21)24-17-42-25(38-24)12-22(15-36-42)27(20-4-5-20)39-26(43)11-19-13-31(34,35)14-19/h12,15-17,19-21,27-28H,3-11,13-14H2,1-2H3,(H,39,43)(H,40,44)/t27-,28-/m0/s1. The molecule has 2 amide bonds. The average Bonchev–Trinajstić information content (AvgIpc) is 3.60. The SMILES string of the molecule is CCCn1ncc(C(=O)N[C@H](c2cn3ncc([C@@H](NC(=O)CC4CC(F)(F)C4)C4CC4)cc3n2)C2CCC(F)(F)CC2)c1C. The number of aromatic nitrogens is 5. The molecule has 9 nitrogen and oxygen atoms in total. The number of fused-ring (bicyclic) bond motifs is 1. The van der Waals surface area contributed by atoms with Crippen molar-refractivity contribution in [1.29, 1.82) is 0 Å². The number of hydrogen-bond donors (Lipinski definition) is 2. The van der Waals surface area contributed by atoms with E-state index >= 15 is 0 Å². The molecule has 3 aromatic heterocycles. The number of nitrogens with one attached hydrogen (secondary N) is 2. The van der Waals surface area contributed by atoms with Gasteiger partial charge in [-0.1, -0.05) is 6.92 Å². The molecule has 0 bridgehead atoms. The van der Waals surface area contributed by atoms with E-state index in [4.69, 9.17) is 4.98 Å². The highest BCUT2D eigenvalue weighted by Gasteiger charge is 2.46. The summed E-state index contributed by atoms with van der Waals surface area (Å²) < 4.78 is 58.0. The molecule has 3 fully saturated rings. The van der Waals surface area contributed by atoms with Gasteiger partial charge in [0.25, 0.3) is 5.91 Å². The summed E-state index contributed by atoms with van der Waals surface area (Å²) in [5.41, 5.74) is 2.96. The van der Waals surface area contributed by atoms with Gasteiger partial charge in [-0.05, 0) is 68.4 Å². The minimum atomic E-state index is -2.72. The zero-order chi connectivity index (χ0) is 31.2. The Labute approximate surface area is 253 Å². The maximum atomic E-state index is 14.1. The largest absolute Gasteiger partial charge is 0.349 e. The fourth-order valence-electron chi connectivity index (χ4n) is 6.71. The highest BCUT2D eigenvalue weighted by molar-refractivity contribution is 5.95. The summed E-state index contributed by atoms with van der Waals surface area (Å²) in [5, 5.41) is 15.0. The Bertz CT molecular complexity index is 1510. The van der Waals surface area contributed by atoms with Gasteiger partial charge in [-0.15, -0.1) is 0 Å². The second-order valence-electron chi connectivity index (χ2n) is 13.0. The highest BCUT2D eigenvalue weighted by atomic mass is 19.3. The Hall–Kier alpha value is -3.51. The van der Waals surface area contributed by atoms with Crippen molar-refractivity contribution in [3.8, 4) is 0 Å². The number of imidazole rings is 1. The van der Waals surface area contributed by atoms with Crippen LogP contribution in [0.25, 0.3) is 5.65 Å². The number of halogens is 4. The molecule has 0 saturated heterocycles. The van der Waals surface area contributed by atoms with Crippen LogP contribution in [0.3, 0.4) is 0 Å². The molecule has 44 heavy (non-hydrogen) atoms. The van der Waals surface area contributed by atoms with Gasteiger partial charge < -0.3 is 10.6 Å². The molecular weight excluding hydrogens is 578 g/mol. The van der Waals surface area contributed by atoms with Crippen molar-refractivity contribution < 1.29 is 27.2 Å². The lowest BCUT2D eigenvalue weighted by Gasteiger charge is -2.34. The molecule has 0 unspecified atom stereocenters. The molecule has 13 heteroatoms. The van der Waals surface area contributed by atoms with Gasteiger partial charge in [-0.25, -0.2) is 27.1 Å². The number of aryl methyl sites for hydroxylation is 1. The topological polar surface area (TPSA) is 106 Å². The summed E-state index contributed by atoms with van der Waals surface area (Å²) in [6.45, 7) is 4.54. The monoisotopic (exact) mass is 617 g/mol. The van der Waals surface area contributed by atoms with Gasteiger partial charge >= 0.3 is 0 Å². The lowest BCUT2D eigenvalue weighted by Crippen LogP contribution is -2.39. The second-order valence-corrected chi connectivity index (χ2v) is 13.0. The van der Waals surface area contributed by atoms with Crippen molar-refractivity contribution in [2.24, 2.45) is 17.8 Å². The van der Waals surface area contributed by atoms with Crippen molar-refractivity contribution in [1.82, 2.24) is 35.0 Å². The van der Waals surface area contributed by atoms with Crippen molar-refractivity contribution in [3.05, 3.63) is 47.2 Å². The summed E-state index contributed by atoms with van der Waals surface area (Å²) in [7, 11) is 0. The number of amides is 2. The molecule has 0 spiro atoms. The first-order chi connectivity index (χ1) is 20.9. The Kier molecular flexibility index (Phi) is 8.17. The van der Waals surface area contributed by atoms with Crippen LogP contribution in [0.2, 0.25) is 0 Å². The maximum Gasteiger partial charge on any atom is 0.255 e. The van der Waals surface area contributed by atoms with E-state index in [1.807, 2.05) is 19.9 Å². The lowest BCUT2D eigenvalue weighted by molar-refractivity contribution is -0.134. The van der Waals surface area contributed by atoms with E-state index in [0.29, 0.717) is 23.4 Å². The molecule has 238 valence electrons. The first-order valence-electron chi connectivity index (χ1n) is 15.6. The van der Waals surface area contributed by atoms with Crippen LogP contribution in [-0.4, -0.2) is 48.0 Å². The van der Waals surface area contributed by atoms with Gasteiger partial charge in [0.15, 0.2) is 5.65 Å². The molecule has 2 N–H and O–H groups in total. The van der Waals surface area contributed by atoms with Crippen LogP contribution in [0.15, 0.2) is 24.7 Å². The zero-order valence-electron chi connectivity index (χ0n) is 25.0. The minimum Gasteiger partial charge on any atom is -0.349 e. The van der Waals surface area contributed by atoms with Crippen LogP contribution in [0.5, 0.6) is 0 Å². The number of carbonyl (C=O) groups excluding carboxylic acids is 2. The lowest BCUT2D eigenvalue weighted by atomic mass is 9.79. The minimum absolute atomic E-state index is 0.0701. The third kappa shape index (κ3) is 6.61. The van der Waals surface area contributed by atoms with Crippen molar-refractivity contribution >= 4 is 17.5 Å². The summed E-state index contributed by atoms with van der Waals surface area (Å²) in [4.78, 5) is 31.0. The van der Waals surface area contributed by atoms with E-state index in [-0.39, 0.29) is 80.6 Å². The van der Waals surface area contributed by atoms with Gasteiger partial charge in [0.05, 0.1) is 41.9 Å². The third-order valence-electron chi connectivity index (χ3n) is 9.40. The number of hydrogen-bond acceptors (Lipinski definition) is 5. The molecule has 0 aliphatic heterocycles. The quantitative estimate of drug-likeness (QED) is 0.259. The Morgan fingerprint density at radius 2 is 1.68 bits per heavy atom. The van der Waals surface area contributed by atoms with Gasteiger partial charge in [0.2, 0.25) is 17.8 Å². The number of rotatable bonds is 11. The summed E-state index contributed by atoms with van der Waals surface area (Å²) >= 11 is 0. The first kappa shape index (κ1) is 30.5. The van der Waals surface area contributed by atoms with E-state index in [2.05, 4.69) is 20.8 Å². The molecule has 3 saturated carbocycles. The maximum absolute atomic E-state index is 14.1. The van der Waals surface area contributed by atoms with E-state index in [1.54, 1.807) is 21.6 Å². The van der Waals surface area contributed by atoms with Crippen LogP contribution in [0.4, 0.5) is 17.6 Å². The van der Waals surface area contributed by atoms with E-state index < -0.39 is 17.9 Å². The predicted octanol–water partition coefficient (Wildman–Crippen LogP) is 5.94. The third-order valence-corrected chi connectivity index (χ3v) is 9.40. The molecule has 3 aliphatic rings. The highest BCUT2D eigenvalue weighted by Crippen LogP contribution is 2.45. The van der Waals surface area contributed by atoms with Gasteiger partial charge in [-0.3, -0.25) is 14.3 Å². The van der Waals surface area contributed by atoms with Crippen LogP contribution in [0, 0.1) is 24.7 Å². The number of carbonyl (C=O) groups is 2. The van der Waals surface area contributed by atoms with E-state index in [0.717, 1.165) is 30.5 Å². The number of nitrogens with zero attached hydrogens (tertiary/aromatic N) is 5. The zero-order valence-corrected chi connectivity index (χ0v) is 25.0. The molecule has 3 heterocycles. The Morgan fingerprint density at radius 3 is 2.34 bits per heavy atom. The van der Waals surface area contributed by atoms with Crippen LogP contribution < -0.4 is 10.6 Å². The van der Waals surface area contributed by atoms with E-state index in [9.17, 15) is 27.2 Å². The van der Waals surface area contributed by atoms with E-state index in [1.165, 1.54) is 6.20 Å².